The van der Waals surface area contributed by atoms with Crippen LogP contribution in [0.2, 0.25) is 0 Å². The second-order valence-electron chi connectivity index (χ2n) is 5.37. The van der Waals surface area contributed by atoms with Crippen molar-refractivity contribution >= 4 is 0 Å². The van der Waals surface area contributed by atoms with Gasteiger partial charge in [-0.05, 0) is 55.9 Å². The second-order valence-corrected chi connectivity index (χ2v) is 5.37. The number of hydrogen-bond donors (Lipinski definition) is 1. The highest BCUT2D eigenvalue weighted by Gasteiger charge is 2.23. The maximum atomic E-state index is 9.74. The predicted molar refractivity (Wildman–Crippen MR) is 68.8 cm³/mol. The monoisotopic (exact) mass is 248 g/mol. The third-order valence-electron chi connectivity index (χ3n) is 3.92. The molecule has 0 saturated carbocycles. The Morgan fingerprint density at radius 1 is 1.33 bits per heavy atom. The van der Waals surface area contributed by atoms with E-state index in [0.29, 0.717) is 12.7 Å². The molecule has 1 heterocycles. The van der Waals surface area contributed by atoms with Crippen molar-refractivity contribution in [3.63, 3.8) is 0 Å². The fourth-order valence-electron chi connectivity index (χ4n) is 2.86. The number of fused-ring (bicyclic) bond motifs is 1. The summed E-state index contributed by atoms with van der Waals surface area (Å²) in [6.07, 6.45) is 4.32. The molecule has 2 aliphatic rings. The molecule has 0 aromatic heterocycles. The smallest absolute Gasteiger partial charge is 0.119 e. The van der Waals surface area contributed by atoms with E-state index in [1.54, 1.807) is 0 Å². The molecule has 98 valence electrons. The maximum absolute atomic E-state index is 9.74. The average molecular weight is 248 g/mol. The molecule has 1 aromatic carbocycles. The molecule has 3 atom stereocenters. The topological polar surface area (TPSA) is 38.7 Å². The summed E-state index contributed by atoms with van der Waals surface area (Å²) in [4.78, 5) is 0. The first-order chi connectivity index (χ1) is 8.72. The molecule has 1 aliphatic carbocycles. The first kappa shape index (κ1) is 12.0. The minimum Gasteiger partial charge on any atom is -0.491 e. The maximum Gasteiger partial charge on any atom is 0.119 e. The third-order valence-corrected chi connectivity index (χ3v) is 3.92. The van der Waals surface area contributed by atoms with Crippen LogP contribution in [0.1, 0.15) is 43.4 Å². The Bertz CT molecular complexity index is 430. The summed E-state index contributed by atoms with van der Waals surface area (Å²) in [5, 5.41) is 9.74. The van der Waals surface area contributed by atoms with Crippen molar-refractivity contribution in [2.75, 3.05) is 6.61 Å². The standard InChI is InChI=1S/C15H20O3/c1-10-2-4-13(18-10)9-17-12-5-6-14-11(8-12)3-7-15(14)16/h5-6,8,10,13,15-16H,2-4,7,9H2,1H3/t10?,13?,15-/m0/s1. The van der Waals surface area contributed by atoms with Crippen molar-refractivity contribution < 1.29 is 14.6 Å². The Morgan fingerprint density at radius 2 is 2.22 bits per heavy atom. The molecular weight excluding hydrogens is 228 g/mol. The summed E-state index contributed by atoms with van der Waals surface area (Å²) in [6, 6.07) is 6.00. The summed E-state index contributed by atoms with van der Waals surface area (Å²) in [7, 11) is 0. The average Bonchev–Trinajstić information content (AvgIpc) is 2.94. The SMILES string of the molecule is CC1CCC(COc2ccc3c(c2)CC[C@@H]3O)O1. The van der Waals surface area contributed by atoms with Gasteiger partial charge in [0.25, 0.3) is 0 Å². The van der Waals surface area contributed by atoms with E-state index in [4.69, 9.17) is 9.47 Å². The normalized spacial score (nSPS) is 30.4. The van der Waals surface area contributed by atoms with Gasteiger partial charge in [0.2, 0.25) is 0 Å². The highest BCUT2D eigenvalue weighted by Crippen LogP contribution is 2.33. The number of aryl methyl sites for hydroxylation is 1. The Balaban J connectivity index is 1.60. The van der Waals surface area contributed by atoms with Gasteiger partial charge in [0.15, 0.2) is 0 Å². The van der Waals surface area contributed by atoms with E-state index in [1.807, 2.05) is 12.1 Å². The third kappa shape index (κ3) is 2.38. The van der Waals surface area contributed by atoms with Crippen LogP contribution in [-0.2, 0) is 11.2 Å². The van der Waals surface area contributed by atoms with Crippen molar-refractivity contribution in [2.24, 2.45) is 0 Å². The molecule has 0 bridgehead atoms. The Morgan fingerprint density at radius 3 is 3.00 bits per heavy atom. The van der Waals surface area contributed by atoms with Crippen LogP contribution in [-0.4, -0.2) is 23.9 Å². The van der Waals surface area contributed by atoms with Gasteiger partial charge in [-0.1, -0.05) is 6.07 Å². The Hall–Kier alpha value is -1.06. The van der Waals surface area contributed by atoms with Crippen LogP contribution in [0.15, 0.2) is 18.2 Å². The van der Waals surface area contributed by atoms with Gasteiger partial charge in [0.1, 0.15) is 12.4 Å². The zero-order chi connectivity index (χ0) is 12.5. The van der Waals surface area contributed by atoms with E-state index in [-0.39, 0.29) is 12.2 Å². The molecule has 1 aliphatic heterocycles. The van der Waals surface area contributed by atoms with Gasteiger partial charge in [-0.3, -0.25) is 0 Å². The molecule has 18 heavy (non-hydrogen) atoms. The molecule has 3 heteroatoms. The molecule has 1 N–H and O–H groups in total. The summed E-state index contributed by atoms with van der Waals surface area (Å²) in [6.45, 7) is 2.74. The van der Waals surface area contributed by atoms with Crippen molar-refractivity contribution in [2.45, 2.75) is 50.9 Å². The quantitative estimate of drug-likeness (QED) is 0.893. The highest BCUT2D eigenvalue weighted by atomic mass is 16.5. The first-order valence-corrected chi connectivity index (χ1v) is 6.81. The van der Waals surface area contributed by atoms with Crippen LogP contribution in [0, 0.1) is 0 Å². The molecule has 1 fully saturated rings. The molecule has 3 nitrogen and oxygen atoms in total. The Kier molecular flexibility index (Phi) is 3.27. The number of hydrogen-bond acceptors (Lipinski definition) is 3. The van der Waals surface area contributed by atoms with Gasteiger partial charge in [-0.15, -0.1) is 0 Å². The van der Waals surface area contributed by atoms with Gasteiger partial charge in [0, 0.05) is 0 Å². The zero-order valence-corrected chi connectivity index (χ0v) is 10.8. The van der Waals surface area contributed by atoms with E-state index in [0.717, 1.165) is 37.0 Å². The first-order valence-electron chi connectivity index (χ1n) is 6.81. The summed E-state index contributed by atoms with van der Waals surface area (Å²) >= 11 is 0. The molecule has 0 radical (unpaired) electrons. The molecule has 1 aromatic rings. The van der Waals surface area contributed by atoms with Gasteiger partial charge in [0.05, 0.1) is 18.3 Å². The van der Waals surface area contributed by atoms with Crippen LogP contribution >= 0.6 is 0 Å². The molecule has 2 unspecified atom stereocenters. The van der Waals surface area contributed by atoms with E-state index < -0.39 is 0 Å². The highest BCUT2D eigenvalue weighted by molar-refractivity contribution is 5.39. The zero-order valence-electron chi connectivity index (χ0n) is 10.8. The number of benzene rings is 1. The van der Waals surface area contributed by atoms with Gasteiger partial charge in [-0.2, -0.15) is 0 Å². The molecule has 0 amide bonds. The second kappa shape index (κ2) is 4.90. The van der Waals surface area contributed by atoms with Crippen molar-refractivity contribution in [3.8, 4) is 5.75 Å². The van der Waals surface area contributed by atoms with Crippen molar-refractivity contribution in [3.05, 3.63) is 29.3 Å². The molecular formula is C15H20O3. The van der Waals surface area contributed by atoms with Crippen molar-refractivity contribution in [1.82, 2.24) is 0 Å². The lowest BCUT2D eigenvalue weighted by molar-refractivity contribution is 0.0264. The minimum atomic E-state index is -0.284. The number of aliphatic hydroxyl groups is 1. The number of rotatable bonds is 3. The minimum absolute atomic E-state index is 0.235. The fraction of sp³-hybridized carbons (Fsp3) is 0.600. The predicted octanol–water partition coefficient (Wildman–Crippen LogP) is 2.61. The van der Waals surface area contributed by atoms with Crippen LogP contribution in [0.4, 0.5) is 0 Å². The number of aliphatic hydroxyl groups excluding tert-OH is 1. The van der Waals surface area contributed by atoms with Gasteiger partial charge >= 0.3 is 0 Å². The van der Waals surface area contributed by atoms with Gasteiger partial charge < -0.3 is 14.6 Å². The fourth-order valence-corrected chi connectivity index (χ4v) is 2.86. The van der Waals surface area contributed by atoms with Crippen LogP contribution in [0.25, 0.3) is 0 Å². The summed E-state index contributed by atoms with van der Waals surface area (Å²) in [5.41, 5.74) is 2.29. The summed E-state index contributed by atoms with van der Waals surface area (Å²) in [5.74, 6) is 0.894. The van der Waals surface area contributed by atoms with Crippen molar-refractivity contribution in [1.29, 1.82) is 0 Å². The van der Waals surface area contributed by atoms with E-state index in [2.05, 4.69) is 13.0 Å². The molecule has 3 rings (SSSR count). The lowest BCUT2D eigenvalue weighted by atomic mass is 10.1. The van der Waals surface area contributed by atoms with Crippen LogP contribution < -0.4 is 4.74 Å². The van der Waals surface area contributed by atoms with E-state index in [1.165, 1.54) is 5.56 Å². The summed E-state index contributed by atoms with van der Waals surface area (Å²) < 4.78 is 11.5. The largest absolute Gasteiger partial charge is 0.491 e. The molecule has 0 spiro atoms. The lowest BCUT2D eigenvalue weighted by Crippen LogP contribution is -2.17. The van der Waals surface area contributed by atoms with E-state index in [9.17, 15) is 5.11 Å². The molecule has 1 saturated heterocycles. The number of ether oxygens (including phenoxy) is 2. The Labute approximate surface area is 108 Å². The van der Waals surface area contributed by atoms with Gasteiger partial charge in [-0.25, -0.2) is 0 Å². The van der Waals surface area contributed by atoms with Crippen LogP contribution in [0.5, 0.6) is 5.75 Å². The lowest BCUT2D eigenvalue weighted by Gasteiger charge is -2.13. The van der Waals surface area contributed by atoms with Crippen LogP contribution in [0.3, 0.4) is 0 Å². The van der Waals surface area contributed by atoms with E-state index >= 15 is 0 Å².